The molecule has 0 N–H and O–H groups in total. The third-order valence-electron chi connectivity index (χ3n) is 2.70. The first-order chi connectivity index (χ1) is 7.68. The third kappa shape index (κ3) is 2.06. The molecule has 0 saturated carbocycles. The lowest BCUT2D eigenvalue weighted by Crippen LogP contribution is -2.17. The Kier molecular flexibility index (Phi) is 2.91. The van der Waals surface area contributed by atoms with Crippen LogP contribution in [-0.4, -0.2) is 24.8 Å². The fraction of sp³-hybridized carbons (Fsp3) is 0.214. The number of fused-ring (bicyclic) bond motifs is 1. The van der Waals surface area contributed by atoms with Crippen LogP contribution in [0.25, 0.3) is 10.8 Å². The first-order valence-electron chi connectivity index (χ1n) is 5.39. The van der Waals surface area contributed by atoms with Crippen LogP contribution in [-0.2, 0) is 0 Å². The molecule has 0 spiro atoms. The zero-order chi connectivity index (χ0) is 11.5. The molecule has 0 atom stereocenters. The first-order valence-corrected chi connectivity index (χ1v) is 5.39. The lowest BCUT2D eigenvalue weighted by molar-refractivity contribution is 0.619. The first kappa shape index (κ1) is 10.7. The van der Waals surface area contributed by atoms with Gasteiger partial charge in [0.15, 0.2) is 0 Å². The fourth-order valence-corrected chi connectivity index (χ4v) is 1.58. The van der Waals surface area contributed by atoms with Crippen molar-refractivity contribution < 1.29 is 0 Å². The standard InChI is InChI=1S/C14H16N2/c1-11(16(2)3)15-14-10-6-8-12-7-4-5-9-13(12)14/h4-10H,1-3H3/b15-11-. The van der Waals surface area contributed by atoms with Gasteiger partial charge in [-0.2, -0.15) is 0 Å². The summed E-state index contributed by atoms with van der Waals surface area (Å²) in [6, 6.07) is 14.5. The van der Waals surface area contributed by atoms with Crippen molar-refractivity contribution in [3.8, 4) is 0 Å². The highest BCUT2D eigenvalue weighted by atomic mass is 15.1. The number of rotatable bonds is 1. The average Bonchev–Trinajstić information content (AvgIpc) is 2.29. The molecule has 0 saturated heterocycles. The summed E-state index contributed by atoms with van der Waals surface area (Å²) in [7, 11) is 4.01. The largest absolute Gasteiger partial charge is 0.366 e. The maximum Gasteiger partial charge on any atom is 0.101 e. The van der Waals surface area contributed by atoms with Crippen LogP contribution in [0.15, 0.2) is 47.5 Å². The van der Waals surface area contributed by atoms with Crippen LogP contribution in [0.1, 0.15) is 6.92 Å². The van der Waals surface area contributed by atoms with Gasteiger partial charge in [0.2, 0.25) is 0 Å². The highest BCUT2D eigenvalue weighted by Gasteiger charge is 1.99. The summed E-state index contributed by atoms with van der Waals surface area (Å²) in [5.41, 5.74) is 1.03. The molecule has 0 aromatic heterocycles. The van der Waals surface area contributed by atoms with Gasteiger partial charge in [0.25, 0.3) is 0 Å². The third-order valence-corrected chi connectivity index (χ3v) is 2.70. The van der Waals surface area contributed by atoms with E-state index in [1.807, 2.05) is 38.1 Å². The van der Waals surface area contributed by atoms with E-state index < -0.39 is 0 Å². The van der Waals surface area contributed by atoms with Crippen molar-refractivity contribution in [3.05, 3.63) is 42.5 Å². The predicted octanol–water partition coefficient (Wildman–Crippen LogP) is 3.45. The molecule has 2 aromatic carbocycles. The minimum Gasteiger partial charge on any atom is -0.366 e. The smallest absolute Gasteiger partial charge is 0.101 e. The number of nitrogens with zero attached hydrogens (tertiary/aromatic N) is 2. The zero-order valence-electron chi connectivity index (χ0n) is 9.94. The molecule has 2 heteroatoms. The van der Waals surface area contributed by atoms with Gasteiger partial charge in [-0.3, -0.25) is 0 Å². The molecule has 2 nitrogen and oxygen atoms in total. The molecular weight excluding hydrogens is 196 g/mol. The van der Waals surface area contributed by atoms with Gasteiger partial charge in [-0.05, 0) is 18.4 Å². The molecule has 82 valence electrons. The number of hydrogen-bond donors (Lipinski definition) is 0. The summed E-state index contributed by atoms with van der Waals surface area (Å²) >= 11 is 0. The Labute approximate surface area is 96.2 Å². The lowest BCUT2D eigenvalue weighted by Gasteiger charge is -2.11. The van der Waals surface area contributed by atoms with Gasteiger partial charge < -0.3 is 4.90 Å². The van der Waals surface area contributed by atoms with Gasteiger partial charge in [0.05, 0.1) is 5.69 Å². The number of aliphatic imine (C=N–C) groups is 1. The molecule has 2 rings (SSSR count). The van der Waals surface area contributed by atoms with E-state index in [1.165, 1.54) is 10.8 Å². The molecule has 0 aliphatic heterocycles. The topological polar surface area (TPSA) is 15.6 Å². The van der Waals surface area contributed by atoms with E-state index in [9.17, 15) is 0 Å². The summed E-state index contributed by atoms with van der Waals surface area (Å²) in [5, 5.41) is 2.43. The molecule has 0 bridgehead atoms. The van der Waals surface area contributed by atoms with Gasteiger partial charge in [-0.1, -0.05) is 36.4 Å². The van der Waals surface area contributed by atoms with Crippen molar-refractivity contribution in [2.24, 2.45) is 4.99 Å². The Morgan fingerprint density at radius 2 is 1.69 bits per heavy atom. The van der Waals surface area contributed by atoms with Crippen LogP contribution in [0.3, 0.4) is 0 Å². The normalized spacial score (nSPS) is 11.8. The van der Waals surface area contributed by atoms with Crippen molar-refractivity contribution >= 4 is 22.3 Å². The van der Waals surface area contributed by atoms with Gasteiger partial charge in [0.1, 0.15) is 5.84 Å². The van der Waals surface area contributed by atoms with Gasteiger partial charge in [0, 0.05) is 19.5 Å². The van der Waals surface area contributed by atoms with Crippen molar-refractivity contribution in [2.75, 3.05) is 14.1 Å². The second kappa shape index (κ2) is 4.35. The summed E-state index contributed by atoms with van der Waals surface area (Å²) in [6.45, 7) is 2.02. The number of hydrogen-bond acceptors (Lipinski definition) is 1. The van der Waals surface area contributed by atoms with E-state index in [1.54, 1.807) is 0 Å². The van der Waals surface area contributed by atoms with E-state index in [0.29, 0.717) is 0 Å². The minimum atomic E-state index is 1.01. The second-order valence-electron chi connectivity index (χ2n) is 4.05. The Morgan fingerprint density at radius 3 is 2.44 bits per heavy atom. The van der Waals surface area contributed by atoms with E-state index in [4.69, 9.17) is 0 Å². The molecule has 0 aliphatic carbocycles. The van der Waals surface area contributed by atoms with Crippen LogP contribution in [0.2, 0.25) is 0 Å². The molecule has 16 heavy (non-hydrogen) atoms. The van der Waals surface area contributed by atoms with E-state index in [2.05, 4.69) is 35.3 Å². The van der Waals surface area contributed by atoms with E-state index in [-0.39, 0.29) is 0 Å². The Morgan fingerprint density at radius 1 is 1.00 bits per heavy atom. The zero-order valence-corrected chi connectivity index (χ0v) is 9.94. The highest BCUT2D eigenvalue weighted by Crippen LogP contribution is 2.25. The summed E-state index contributed by atoms with van der Waals surface area (Å²) in [4.78, 5) is 6.64. The van der Waals surface area contributed by atoms with Crippen LogP contribution in [0.5, 0.6) is 0 Å². The van der Waals surface area contributed by atoms with Crippen molar-refractivity contribution in [3.63, 3.8) is 0 Å². The maximum atomic E-state index is 4.63. The van der Waals surface area contributed by atoms with Crippen molar-refractivity contribution in [2.45, 2.75) is 6.92 Å². The molecule has 0 unspecified atom stereocenters. The van der Waals surface area contributed by atoms with Crippen LogP contribution in [0, 0.1) is 0 Å². The SMILES string of the molecule is C/C(=N/c1cccc2ccccc12)N(C)C. The minimum absolute atomic E-state index is 1.01. The predicted molar refractivity (Wildman–Crippen MR) is 70.4 cm³/mol. The molecular formula is C14H16N2. The second-order valence-corrected chi connectivity index (χ2v) is 4.05. The van der Waals surface area contributed by atoms with Gasteiger partial charge in [-0.25, -0.2) is 4.99 Å². The summed E-state index contributed by atoms with van der Waals surface area (Å²) in [6.07, 6.45) is 0. The molecule has 0 radical (unpaired) electrons. The van der Waals surface area contributed by atoms with Crippen molar-refractivity contribution in [1.82, 2.24) is 4.90 Å². The molecule has 2 aromatic rings. The molecule has 0 fully saturated rings. The fourth-order valence-electron chi connectivity index (χ4n) is 1.58. The van der Waals surface area contributed by atoms with Crippen LogP contribution < -0.4 is 0 Å². The Hall–Kier alpha value is -1.83. The summed E-state index contributed by atoms with van der Waals surface area (Å²) in [5.74, 6) is 1.01. The van der Waals surface area contributed by atoms with E-state index in [0.717, 1.165) is 11.5 Å². The average molecular weight is 212 g/mol. The van der Waals surface area contributed by atoms with Crippen LogP contribution >= 0.6 is 0 Å². The number of benzene rings is 2. The van der Waals surface area contributed by atoms with Crippen LogP contribution in [0.4, 0.5) is 5.69 Å². The quantitative estimate of drug-likeness (QED) is 0.522. The van der Waals surface area contributed by atoms with E-state index >= 15 is 0 Å². The lowest BCUT2D eigenvalue weighted by atomic mass is 10.1. The number of amidine groups is 1. The van der Waals surface area contributed by atoms with Gasteiger partial charge in [-0.15, -0.1) is 0 Å². The van der Waals surface area contributed by atoms with Crippen molar-refractivity contribution in [1.29, 1.82) is 0 Å². The molecule has 0 heterocycles. The van der Waals surface area contributed by atoms with Gasteiger partial charge >= 0.3 is 0 Å². The monoisotopic (exact) mass is 212 g/mol. The summed E-state index contributed by atoms with van der Waals surface area (Å²) < 4.78 is 0. The maximum absolute atomic E-state index is 4.63. The Balaban J connectivity index is 2.57. The highest BCUT2D eigenvalue weighted by molar-refractivity contribution is 5.95. The molecule has 0 aliphatic rings. The Bertz CT molecular complexity index is 522. The molecule has 0 amide bonds.